The zero-order valence-electron chi connectivity index (χ0n) is 14.5. The number of hydrogen-bond donors (Lipinski definition) is 1. The molecule has 6 heteroatoms. The minimum absolute atomic E-state index is 0.158. The molecular weight excluding hydrogens is 333 g/mol. The van der Waals surface area contributed by atoms with Gasteiger partial charge in [0.2, 0.25) is 0 Å². The molecule has 1 atom stereocenters. The summed E-state index contributed by atoms with van der Waals surface area (Å²) in [6.45, 7) is 5.04. The molecule has 2 aromatic carbocycles. The van der Waals surface area contributed by atoms with Gasteiger partial charge in [-0.25, -0.2) is 9.18 Å². The second kappa shape index (κ2) is 7.54. The number of nitrogens with zero attached hydrogens (tertiary/aromatic N) is 3. The molecule has 26 heavy (non-hydrogen) atoms. The number of rotatable bonds is 4. The fourth-order valence-corrected chi connectivity index (χ4v) is 3.30. The quantitative estimate of drug-likeness (QED) is 0.914. The summed E-state index contributed by atoms with van der Waals surface area (Å²) in [4.78, 5) is 15.3. The lowest BCUT2D eigenvalue weighted by atomic mass is 10.0. The molecule has 5 nitrogen and oxygen atoms in total. The molecular formula is C20H20FN3O2. The second-order valence-electron chi connectivity index (χ2n) is 6.40. The number of piperazine rings is 1. The molecule has 1 fully saturated rings. The Labute approximate surface area is 151 Å². The van der Waals surface area contributed by atoms with Crippen molar-refractivity contribution >= 4 is 11.7 Å². The van der Waals surface area contributed by atoms with Gasteiger partial charge in [-0.15, -0.1) is 0 Å². The zero-order chi connectivity index (χ0) is 18.7. The molecule has 1 aliphatic rings. The Morgan fingerprint density at radius 2 is 1.81 bits per heavy atom. The Bertz CT molecular complexity index is 837. The van der Waals surface area contributed by atoms with Gasteiger partial charge in [0.1, 0.15) is 5.82 Å². The Morgan fingerprint density at radius 3 is 2.35 bits per heavy atom. The summed E-state index contributed by atoms with van der Waals surface area (Å²) in [6.07, 6.45) is 0. The molecule has 0 radical (unpaired) electrons. The van der Waals surface area contributed by atoms with E-state index in [1.807, 2.05) is 23.1 Å². The maximum Gasteiger partial charge on any atom is 0.335 e. The average Bonchev–Trinajstić information content (AvgIpc) is 2.67. The predicted molar refractivity (Wildman–Crippen MR) is 96.7 cm³/mol. The molecule has 0 saturated carbocycles. The highest BCUT2D eigenvalue weighted by Crippen LogP contribution is 2.26. The number of carbonyl (C=O) groups is 1. The van der Waals surface area contributed by atoms with E-state index in [0.29, 0.717) is 24.3 Å². The summed E-state index contributed by atoms with van der Waals surface area (Å²) in [5.41, 5.74) is 2.19. The van der Waals surface area contributed by atoms with Crippen LogP contribution in [0.25, 0.3) is 0 Å². The fraction of sp³-hybridized carbons (Fsp3) is 0.300. The van der Waals surface area contributed by atoms with Crippen LogP contribution in [0.2, 0.25) is 0 Å². The maximum absolute atomic E-state index is 14.2. The number of hydrogen-bond acceptors (Lipinski definition) is 4. The molecule has 134 valence electrons. The van der Waals surface area contributed by atoms with Gasteiger partial charge in [-0.05, 0) is 42.8 Å². The van der Waals surface area contributed by atoms with Crippen LogP contribution in [0.5, 0.6) is 0 Å². The van der Waals surface area contributed by atoms with Gasteiger partial charge >= 0.3 is 5.97 Å². The number of carboxylic acids is 1. The van der Waals surface area contributed by atoms with Crippen molar-refractivity contribution in [2.75, 3.05) is 31.1 Å². The van der Waals surface area contributed by atoms with E-state index in [0.717, 1.165) is 18.7 Å². The number of halogens is 1. The Balaban J connectivity index is 1.64. The molecule has 1 aliphatic heterocycles. The van der Waals surface area contributed by atoms with E-state index in [-0.39, 0.29) is 17.4 Å². The van der Waals surface area contributed by atoms with Crippen LogP contribution in [0.4, 0.5) is 10.1 Å². The van der Waals surface area contributed by atoms with Gasteiger partial charge in [-0.3, -0.25) is 4.90 Å². The molecule has 0 unspecified atom stereocenters. The Morgan fingerprint density at radius 1 is 1.15 bits per heavy atom. The largest absolute Gasteiger partial charge is 0.478 e. The summed E-state index contributed by atoms with van der Waals surface area (Å²) < 4.78 is 14.2. The third-order valence-corrected chi connectivity index (χ3v) is 4.92. The third-order valence-electron chi connectivity index (χ3n) is 4.92. The van der Waals surface area contributed by atoms with Crippen LogP contribution in [0.15, 0.2) is 42.5 Å². The minimum atomic E-state index is -0.928. The van der Waals surface area contributed by atoms with Gasteiger partial charge in [-0.2, -0.15) is 5.26 Å². The monoisotopic (exact) mass is 353 g/mol. The summed E-state index contributed by atoms with van der Waals surface area (Å²) in [7, 11) is 0. The lowest BCUT2D eigenvalue weighted by Crippen LogP contribution is -2.47. The van der Waals surface area contributed by atoms with Crippen molar-refractivity contribution in [1.29, 1.82) is 5.26 Å². The second-order valence-corrected chi connectivity index (χ2v) is 6.40. The normalized spacial score (nSPS) is 16.1. The van der Waals surface area contributed by atoms with Crippen molar-refractivity contribution in [2.24, 2.45) is 0 Å². The smallest absolute Gasteiger partial charge is 0.335 e. The summed E-state index contributed by atoms with van der Waals surface area (Å²) in [5, 5.41) is 17.8. The van der Waals surface area contributed by atoms with Gasteiger partial charge in [-0.1, -0.05) is 12.1 Å². The van der Waals surface area contributed by atoms with E-state index in [9.17, 15) is 9.18 Å². The minimum Gasteiger partial charge on any atom is -0.478 e. The molecule has 0 bridgehead atoms. The van der Waals surface area contributed by atoms with E-state index >= 15 is 0 Å². The SMILES string of the molecule is C[C@H](c1ccc(C(=O)O)cc1)N1CCN(c2ccc(C#N)cc2F)CC1. The van der Waals surface area contributed by atoms with Crippen molar-refractivity contribution in [3.8, 4) is 6.07 Å². The lowest BCUT2D eigenvalue weighted by molar-refractivity contribution is 0.0697. The fourth-order valence-electron chi connectivity index (χ4n) is 3.30. The number of anilines is 1. The highest BCUT2D eigenvalue weighted by Gasteiger charge is 2.23. The van der Waals surface area contributed by atoms with Crippen LogP contribution in [0, 0.1) is 17.1 Å². The number of nitriles is 1. The van der Waals surface area contributed by atoms with Crippen LogP contribution < -0.4 is 4.90 Å². The molecule has 0 aliphatic carbocycles. The van der Waals surface area contributed by atoms with Gasteiger partial charge in [0.15, 0.2) is 0 Å². The van der Waals surface area contributed by atoms with Crippen molar-refractivity contribution in [3.63, 3.8) is 0 Å². The number of benzene rings is 2. The molecule has 1 N–H and O–H groups in total. The van der Waals surface area contributed by atoms with Crippen LogP contribution in [-0.4, -0.2) is 42.2 Å². The predicted octanol–water partition coefficient (Wildman–Crippen LogP) is 3.28. The Hall–Kier alpha value is -2.91. The van der Waals surface area contributed by atoms with Gasteiger partial charge in [0, 0.05) is 32.2 Å². The average molecular weight is 353 g/mol. The first-order valence-electron chi connectivity index (χ1n) is 8.51. The van der Waals surface area contributed by atoms with Crippen molar-refractivity contribution in [3.05, 3.63) is 65.0 Å². The topological polar surface area (TPSA) is 67.6 Å². The molecule has 1 saturated heterocycles. The number of aromatic carboxylic acids is 1. The van der Waals surface area contributed by atoms with E-state index in [1.54, 1.807) is 24.3 Å². The van der Waals surface area contributed by atoms with E-state index in [4.69, 9.17) is 10.4 Å². The first-order valence-corrected chi connectivity index (χ1v) is 8.51. The summed E-state index contributed by atoms with van der Waals surface area (Å²) in [5.74, 6) is -1.29. The first-order chi connectivity index (χ1) is 12.5. The van der Waals surface area contributed by atoms with Gasteiger partial charge in [0.25, 0.3) is 0 Å². The van der Waals surface area contributed by atoms with Crippen LogP contribution >= 0.6 is 0 Å². The maximum atomic E-state index is 14.2. The van der Waals surface area contributed by atoms with Crippen molar-refractivity contribution in [1.82, 2.24) is 4.90 Å². The summed E-state index contributed by atoms with van der Waals surface area (Å²) in [6, 6.07) is 13.6. The first kappa shape index (κ1) is 17.9. The standard InChI is InChI=1S/C20H20FN3O2/c1-14(16-3-5-17(6-4-16)20(25)26)23-8-10-24(11-9-23)19-7-2-15(13-22)12-18(19)21/h2-7,12,14H,8-11H2,1H3,(H,25,26)/t14-/m1/s1. The molecule has 3 rings (SSSR count). The van der Waals surface area contributed by atoms with Gasteiger partial charge in [0.05, 0.1) is 22.9 Å². The molecule has 0 amide bonds. The van der Waals surface area contributed by atoms with E-state index in [1.165, 1.54) is 6.07 Å². The van der Waals surface area contributed by atoms with Crippen LogP contribution in [0.3, 0.4) is 0 Å². The van der Waals surface area contributed by atoms with E-state index < -0.39 is 5.97 Å². The molecule has 1 heterocycles. The zero-order valence-corrected chi connectivity index (χ0v) is 14.5. The van der Waals surface area contributed by atoms with Crippen molar-refractivity contribution in [2.45, 2.75) is 13.0 Å². The highest BCUT2D eigenvalue weighted by molar-refractivity contribution is 5.87. The highest BCUT2D eigenvalue weighted by atomic mass is 19.1. The molecule has 0 spiro atoms. The lowest BCUT2D eigenvalue weighted by Gasteiger charge is -2.39. The van der Waals surface area contributed by atoms with E-state index in [2.05, 4.69) is 11.8 Å². The summed E-state index contributed by atoms with van der Waals surface area (Å²) >= 11 is 0. The Kier molecular flexibility index (Phi) is 5.19. The van der Waals surface area contributed by atoms with Gasteiger partial charge < -0.3 is 10.0 Å². The molecule has 0 aromatic heterocycles. The van der Waals surface area contributed by atoms with Crippen molar-refractivity contribution < 1.29 is 14.3 Å². The van der Waals surface area contributed by atoms with Crippen LogP contribution in [0.1, 0.15) is 34.5 Å². The van der Waals surface area contributed by atoms with Crippen LogP contribution in [-0.2, 0) is 0 Å². The molecule has 2 aromatic rings. The third kappa shape index (κ3) is 3.68. The number of carboxylic acid groups (broad SMARTS) is 1.